The van der Waals surface area contributed by atoms with E-state index < -0.39 is 0 Å². The van der Waals surface area contributed by atoms with Gasteiger partial charge in [-0.25, -0.2) is 0 Å². The smallest absolute Gasteiger partial charge is 0.0738 e. The third kappa shape index (κ3) is 1.64. The summed E-state index contributed by atoms with van der Waals surface area (Å²) in [6.07, 6.45) is 3.44. The SMILES string of the molecule is Cc1cccc2c(C(C)(C)N)c3c(nc12)CCC3. The van der Waals surface area contributed by atoms with Gasteiger partial charge in [0.15, 0.2) is 0 Å². The lowest BCUT2D eigenvalue weighted by Crippen LogP contribution is -2.30. The van der Waals surface area contributed by atoms with Gasteiger partial charge in [0.2, 0.25) is 0 Å². The molecular formula is C16H20N2. The monoisotopic (exact) mass is 240 g/mol. The summed E-state index contributed by atoms with van der Waals surface area (Å²) in [5.74, 6) is 0. The normalized spacial score (nSPS) is 15.1. The van der Waals surface area contributed by atoms with Crippen LogP contribution in [0.5, 0.6) is 0 Å². The Labute approximate surface area is 108 Å². The molecule has 0 unspecified atom stereocenters. The second-order valence-electron chi connectivity index (χ2n) is 5.96. The third-order valence-corrected chi connectivity index (χ3v) is 3.89. The number of nitrogens with zero attached hydrogens (tertiary/aromatic N) is 1. The van der Waals surface area contributed by atoms with E-state index in [1.807, 2.05) is 0 Å². The van der Waals surface area contributed by atoms with E-state index >= 15 is 0 Å². The third-order valence-electron chi connectivity index (χ3n) is 3.89. The highest BCUT2D eigenvalue weighted by molar-refractivity contribution is 5.87. The van der Waals surface area contributed by atoms with Gasteiger partial charge in [-0.3, -0.25) is 4.98 Å². The van der Waals surface area contributed by atoms with E-state index in [4.69, 9.17) is 10.7 Å². The minimum Gasteiger partial charge on any atom is -0.322 e. The molecule has 0 atom stereocenters. The molecule has 94 valence electrons. The van der Waals surface area contributed by atoms with Crippen molar-refractivity contribution in [3.05, 3.63) is 40.6 Å². The lowest BCUT2D eigenvalue weighted by Gasteiger charge is -2.25. The number of aryl methyl sites for hydroxylation is 2. The number of pyridine rings is 1. The van der Waals surface area contributed by atoms with Gasteiger partial charge in [-0.2, -0.15) is 0 Å². The van der Waals surface area contributed by atoms with E-state index in [1.54, 1.807) is 0 Å². The van der Waals surface area contributed by atoms with E-state index in [1.165, 1.54) is 34.2 Å². The van der Waals surface area contributed by atoms with E-state index in [2.05, 4.69) is 39.0 Å². The van der Waals surface area contributed by atoms with Crippen LogP contribution >= 0.6 is 0 Å². The molecule has 1 aliphatic carbocycles. The summed E-state index contributed by atoms with van der Waals surface area (Å²) in [4.78, 5) is 4.87. The zero-order chi connectivity index (χ0) is 12.9. The highest BCUT2D eigenvalue weighted by atomic mass is 14.8. The predicted molar refractivity (Wildman–Crippen MR) is 75.7 cm³/mol. The molecule has 1 heterocycles. The summed E-state index contributed by atoms with van der Waals surface area (Å²) in [5, 5.41) is 1.24. The molecule has 2 nitrogen and oxygen atoms in total. The predicted octanol–water partition coefficient (Wildman–Crippen LogP) is 3.23. The molecule has 0 amide bonds. The van der Waals surface area contributed by atoms with Crippen LogP contribution in [0.3, 0.4) is 0 Å². The molecule has 2 aromatic rings. The van der Waals surface area contributed by atoms with Gasteiger partial charge in [0, 0.05) is 16.6 Å². The van der Waals surface area contributed by atoms with Crippen LogP contribution in [0.2, 0.25) is 0 Å². The number of para-hydroxylation sites is 1. The fourth-order valence-electron chi connectivity index (χ4n) is 3.16. The summed E-state index contributed by atoms with van der Waals surface area (Å²) in [7, 11) is 0. The summed E-state index contributed by atoms with van der Waals surface area (Å²) >= 11 is 0. The molecule has 0 bridgehead atoms. The lowest BCUT2D eigenvalue weighted by atomic mass is 9.86. The number of rotatable bonds is 1. The van der Waals surface area contributed by atoms with E-state index in [0.29, 0.717) is 0 Å². The standard InChI is InChI=1S/C16H20N2/c1-10-6-4-8-12-14(16(2,3)17)11-7-5-9-13(11)18-15(10)12/h4,6,8H,5,7,9,17H2,1-3H3. The maximum Gasteiger partial charge on any atom is 0.0738 e. The molecule has 1 aromatic carbocycles. The highest BCUT2D eigenvalue weighted by Gasteiger charge is 2.27. The van der Waals surface area contributed by atoms with Crippen LogP contribution in [0.4, 0.5) is 0 Å². The van der Waals surface area contributed by atoms with Crippen molar-refractivity contribution in [2.75, 3.05) is 0 Å². The van der Waals surface area contributed by atoms with Gasteiger partial charge >= 0.3 is 0 Å². The van der Waals surface area contributed by atoms with Crippen LogP contribution in [0.25, 0.3) is 10.9 Å². The topological polar surface area (TPSA) is 38.9 Å². The first-order valence-electron chi connectivity index (χ1n) is 6.69. The Bertz CT molecular complexity index is 621. The second-order valence-corrected chi connectivity index (χ2v) is 5.96. The van der Waals surface area contributed by atoms with Gasteiger partial charge < -0.3 is 5.73 Å². The maximum atomic E-state index is 6.42. The number of hydrogen-bond donors (Lipinski definition) is 1. The average Bonchev–Trinajstić information content (AvgIpc) is 2.72. The number of fused-ring (bicyclic) bond motifs is 2. The highest BCUT2D eigenvalue weighted by Crippen LogP contribution is 2.36. The summed E-state index contributed by atoms with van der Waals surface area (Å²) in [5.41, 5.74) is 12.5. The van der Waals surface area contributed by atoms with Gasteiger partial charge in [0.05, 0.1) is 5.52 Å². The van der Waals surface area contributed by atoms with Crippen LogP contribution in [-0.2, 0) is 18.4 Å². The Balaban J connectivity index is 2.47. The lowest BCUT2D eigenvalue weighted by molar-refractivity contribution is 0.553. The second kappa shape index (κ2) is 3.79. The van der Waals surface area contributed by atoms with Gasteiger partial charge in [-0.05, 0) is 56.7 Å². The van der Waals surface area contributed by atoms with Crippen molar-refractivity contribution in [3.63, 3.8) is 0 Å². The zero-order valence-electron chi connectivity index (χ0n) is 11.4. The molecule has 0 aliphatic heterocycles. The van der Waals surface area contributed by atoms with Crippen LogP contribution in [-0.4, -0.2) is 4.98 Å². The fourth-order valence-corrected chi connectivity index (χ4v) is 3.16. The zero-order valence-corrected chi connectivity index (χ0v) is 11.4. The first-order chi connectivity index (χ1) is 8.48. The van der Waals surface area contributed by atoms with Crippen LogP contribution in [0.1, 0.15) is 42.7 Å². The maximum absolute atomic E-state index is 6.42. The van der Waals surface area contributed by atoms with Crippen molar-refractivity contribution >= 4 is 10.9 Å². The van der Waals surface area contributed by atoms with Crippen molar-refractivity contribution in [3.8, 4) is 0 Å². The molecule has 0 spiro atoms. The molecule has 3 rings (SSSR count). The van der Waals surface area contributed by atoms with Crippen molar-refractivity contribution in [2.45, 2.75) is 45.6 Å². The van der Waals surface area contributed by atoms with Crippen molar-refractivity contribution < 1.29 is 0 Å². The number of aromatic nitrogens is 1. The molecule has 18 heavy (non-hydrogen) atoms. The number of nitrogens with two attached hydrogens (primary N) is 1. The summed E-state index contributed by atoms with van der Waals surface area (Å²) in [6.45, 7) is 6.33. The number of hydrogen-bond acceptors (Lipinski definition) is 2. The molecule has 0 saturated carbocycles. The van der Waals surface area contributed by atoms with Crippen LogP contribution in [0.15, 0.2) is 18.2 Å². The molecule has 1 aromatic heterocycles. The van der Waals surface area contributed by atoms with Gasteiger partial charge in [-0.15, -0.1) is 0 Å². The first-order valence-corrected chi connectivity index (χ1v) is 6.69. The average molecular weight is 240 g/mol. The first kappa shape index (κ1) is 11.7. The Morgan fingerprint density at radius 1 is 1.22 bits per heavy atom. The minimum absolute atomic E-state index is 0.302. The van der Waals surface area contributed by atoms with Crippen molar-refractivity contribution in [2.24, 2.45) is 5.73 Å². The van der Waals surface area contributed by atoms with E-state index in [-0.39, 0.29) is 5.54 Å². The molecule has 2 heteroatoms. The van der Waals surface area contributed by atoms with Crippen LogP contribution < -0.4 is 5.73 Å². The Morgan fingerprint density at radius 3 is 2.72 bits per heavy atom. The fraction of sp³-hybridized carbons (Fsp3) is 0.438. The largest absolute Gasteiger partial charge is 0.322 e. The van der Waals surface area contributed by atoms with Gasteiger partial charge in [-0.1, -0.05) is 18.2 Å². The molecule has 0 radical (unpaired) electrons. The van der Waals surface area contributed by atoms with Crippen LogP contribution in [0, 0.1) is 6.92 Å². The summed E-state index contributed by atoms with van der Waals surface area (Å²) < 4.78 is 0. The minimum atomic E-state index is -0.302. The Hall–Kier alpha value is -1.41. The number of benzene rings is 1. The van der Waals surface area contributed by atoms with E-state index in [0.717, 1.165) is 18.4 Å². The molecule has 1 aliphatic rings. The summed E-state index contributed by atoms with van der Waals surface area (Å²) in [6, 6.07) is 6.40. The molecule has 0 saturated heterocycles. The van der Waals surface area contributed by atoms with Gasteiger partial charge in [0.25, 0.3) is 0 Å². The van der Waals surface area contributed by atoms with E-state index in [9.17, 15) is 0 Å². The molecule has 2 N–H and O–H groups in total. The van der Waals surface area contributed by atoms with Crippen molar-refractivity contribution in [1.29, 1.82) is 0 Å². The Morgan fingerprint density at radius 2 is 2.00 bits per heavy atom. The molecule has 0 fully saturated rings. The van der Waals surface area contributed by atoms with Gasteiger partial charge in [0.1, 0.15) is 0 Å². The van der Waals surface area contributed by atoms with Crippen molar-refractivity contribution in [1.82, 2.24) is 4.98 Å². The molecular weight excluding hydrogens is 220 g/mol. The quantitative estimate of drug-likeness (QED) is 0.831. The Kier molecular flexibility index (Phi) is 2.46.